The predicted octanol–water partition coefficient (Wildman–Crippen LogP) is 2.39. The van der Waals surface area contributed by atoms with E-state index in [4.69, 9.17) is 0 Å². The van der Waals surface area contributed by atoms with Gasteiger partial charge in [-0.25, -0.2) is 0 Å². The molecule has 2 heterocycles. The molecule has 1 saturated carbocycles. The summed E-state index contributed by atoms with van der Waals surface area (Å²) in [6, 6.07) is 2.03. The summed E-state index contributed by atoms with van der Waals surface area (Å²) in [5.74, 6) is 1.00. The lowest BCUT2D eigenvalue weighted by molar-refractivity contribution is -0.133. The fraction of sp³-hybridized carbons (Fsp3) is 0.650. The summed E-state index contributed by atoms with van der Waals surface area (Å²) in [4.78, 5) is 26.7. The molecule has 1 N–H and O–H groups in total. The van der Waals surface area contributed by atoms with Crippen molar-refractivity contribution >= 4 is 11.8 Å². The van der Waals surface area contributed by atoms with E-state index >= 15 is 0 Å². The Labute approximate surface area is 154 Å². The van der Waals surface area contributed by atoms with Gasteiger partial charge in [0.15, 0.2) is 0 Å². The van der Waals surface area contributed by atoms with Crippen LogP contribution < -0.4 is 5.32 Å². The number of rotatable bonds is 5. The highest BCUT2D eigenvalue weighted by Gasteiger charge is 2.25. The Balaban J connectivity index is 1.31. The highest BCUT2D eigenvalue weighted by atomic mass is 16.2. The molecule has 3 aliphatic rings. The Kier molecular flexibility index (Phi) is 5.09. The molecule has 1 aromatic rings. The van der Waals surface area contributed by atoms with Crippen LogP contribution in [0.1, 0.15) is 56.3 Å². The number of hydrogen-bond acceptors (Lipinski definition) is 3. The van der Waals surface area contributed by atoms with Crippen LogP contribution in [0.2, 0.25) is 0 Å². The first kappa shape index (κ1) is 17.3. The molecule has 0 bridgehead atoms. The third-order valence-corrected chi connectivity index (χ3v) is 5.92. The second kappa shape index (κ2) is 7.64. The van der Waals surface area contributed by atoms with E-state index < -0.39 is 0 Å². The van der Waals surface area contributed by atoms with Gasteiger partial charge in [0.2, 0.25) is 11.8 Å². The van der Waals surface area contributed by atoms with Crippen molar-refractivity contribution in [2.45, 2.75) is 64.6 Å². The van der Waals surface area contributed by atoms with Crippen molar-refractivity contribution in [2.24, 2.45) is 11.8 Å². The molecule has 1 atom stereocenters. The van der Waals surface area contributed by atoms with Gasteiger partial charge in [-0.15, -0.1) is 0 Å². The van der Waals surface area contributed by atoms with Crippen molar-refractivity contribution in [1.82, 2.24) is 20.0 Å². The number of fused-ring (bicyclic) bond motifs is 1. The molecule has 1 aliphatic heterocycles. The van der Waals surface area contributed by atoms with Gasteiger partial charge in [0.25, 0.3) is 0 Å². The average molecular weight is 356 g/mol. The van der Waals surface area contributed by atoms with Gasteiger partial charge in [0.1, 0.15) is 0 Å². The molecule has 2 aliphatic carbocycles. The summed E-state index contributed by atoms with van der Waals surface area (Å²) in [6.07, 6.45) is 11.5. The van der Waals surface area contributed by atoms with Crippen LogP contribution in [0.25, 0.3) is 0 Å². The first-order chi connectivity index (χ1) is 12.7. The fourth-order valence-corrected chi connectivity index (χ4v) is 4.35. The van der Waals surface area contributed by atoms with E-state index in [-0.39, 0.29) is 17.7 Å². The van der Waals surface area contributed by atoms with Crippen LogP contribution >= 0.6 is 0 Å². The van der Waals surface area contributed by atoms with Crippen LogP contribution in [0.15, 0.2) is 18.2 Å². The van der Waals surface area contributed by atoms with Crippen molar-refractivity contribution in [2.75, 3.05) is 6.54 Å². The molecule has 26 heavy (non-hydrogen) atoms. The summed E-state index contributed by atoms with van der Waals surface area (Å²) < 4.78 is 1.98. The highest BCUT2D eigenvalue weighted by molar-refractivity contribution is 5.78. The van der Waals surface area contributed by atoms with Gasteiger partial charge in [0, 0.05) is 18.9 Å². The van der Waals surface area contributed by atoms with Crippen LogP contribution in [-0.4, -0.2) is 33.0 Å². The molecule has 0 saturated heterocycles. The zero-order chi connectivity index (χ0) is 17.9. The van der Waals surface area contributed by atoms with Crippen molar-refractivity contribution in [3.63, 3.8) is 0 Å². The van der Waals surface area contributed by atoms with Gasteiger partial charge >= 0.3 is 0 Å². The predicted molar refractivity (Wildman–Crippen MR) is 97.9 cm³/mol. The molecule has 1 fully saturated rings. The Bertz CT molecular complexity index is 703. The summed E-state index contributed by atoms with van der Waals surface area (Å²) in [7, 11) is 0. The van der Waals surface area contributed by atoms with Crippen LogP contribution in [-0.2, 0) is 29.2 Å². The number of nitrogens with one attached hydrogen (secondary N) is 1. The number of allylic oxidation sites excluding steroid dienone is 2. The maximum atomic E-state index is 12.5. The SMILES string of the molecule is O=C(NCc1cc2n(n1)CCN(C(=O)CC1C=CCC1)C2)C1CCCC1. The minimum absolute atomic E-state index is 0.162. The molecule has 1 unspecified atom stereocenters. The minimum Gasteiger partial charge on any atom is -0.350 e. The lowest BCUT2D eigenvalue weighted by atomic mass is 10.0. The Morgan fingerprint density at radius 3 is 2.81 bits per heavy atom. The van der Waals surface area contributed by atoms with E-state index in [1.807, 2.05) is 15.6 Å². The third kappa shape index (κ3) is 3.84. The van der Waals surface area contributed by atoms with Gasteiger partial charge in [-0.1, -0.05) is 25.0 Å². The van der Waals surface area contributed by atoms with Gasteiger partial charge in [-0.2, -0.15) is 5.10 Å². The van der Waals surface area contributed by atoms with Crippen LogP contribution in [0.4, 0.5) is 0 Å². The molecule has 0 spiro atoms. The molecular formula is C20H28N4O2. The maximum absolute atomic E-state index is 12.5. The Morgan fingerprint density at radius 1 is 1.19 bits per heavy atom. The maximum Gasteiger partial charge on any atom is 0.223 e. The number of hydrogen-bond donors (Lipinski definition) is 1. The van der Waals surface area contributed by atoms with E-state index in [0.717, 1.165) is 63.0 Å². The summed E-state index contributed by atoms with van der Waals surface area (Å²) in [5.41, 5.74) is 1.95. The summed E-state index contributed by atoms with van der Waals surface area (Å²) in [6.45, 7) is 2.56. The quantitative estimate of drug-likeness (QED) is 0.824. The van der Waals surface area contributed by atoms with Crippen molar-refractivity contribution in [3.8, 4) is 0 Å². The summed E-state index contributed by atoms with van der Waals surface area (Å²) >= 11 is 0. The zero-order valence-corrected chi connectivity index (χ0v) is 15.3. The molecule has 140 valence electrons. The fourth-order valence-electron chi connectivity index (χ4n) is 4.35. The molecule has 6 nitrogen and oxygen atoms in total. The van der Waals surface area contributed by atoms with Gasteiger partial charge in [0.05, 0.1) is 31.0 Å². The number of carbonyl (C=O) groups is 2. The van der Waals surface area contributed by atoms with E-state index in [2.05, 4.69) is 22.6 Å². The highest BCUT2D eigenvalue weighted by Crippen LogP contribution is 2.25. The Morgan fingerprint density at radius 2 is 2.04 bits per heavy atom. The minimum atomic E-state index is 0.162. The lowest BCUT2D eigenvalue weighted by Crippen LogP contribution is -2.38. The molecule has 2 amide bonds. The van der Waals surface area contributed by atoms with Gasteiger partial charge in [-0.3, -0.25) is 14.3 Å². The number of nitrogens with zero attached hydrogens (tertiary/aromatic N) is 3. The first-order valence-corrected chi connectivity index (χ1v) is 9.97. The van der Waals surface area contributed by atoms with Gasteiger partial charge in [-0.05, 0) is 37.7 Å². The largest absolute Gasteiger partial charge is 0.350 e. The molecule has 0 aromatic carbocycles. The lowest BCUT2D eigenvalue weighted by Gasteiger charge is -2.28. The van der Waals surface area contributed by atoms with Gasteiger partial charge < -0.3 is 10.2 Å². The van der Waals surface area contributed by atoms with Crippen molar-refractivity contribution in [3.05, 3.63) is 29.6 Å². The Hall–Kier alpha value is -2.11. The monoisotopic (exact) mass is 356 g/mol. The standard InChI is InChI=1S/C20H28N4O2/c25-19(11-15-5-1-2-6-15)23-9-10-24-18(14-23)12-17(22-24)13-21-20(26)16-7-3-4-8-16/h1,5,12,15-16H,2-4,6-11,13-14H2,(H,21,26). The normalized spacial score (nSPS) is 22.6. The number of aromatic nitrogens is 2. The van der Waals surface area contributed by atoms with E-state index in [1.165, 1.54) is 0 Å². The second-order valence-corrected chi connectivity index (χ2v) is 7.83. The summed E-state index contributed by atoms with van der Waals surface area (Å²) in [5, 5.41) is 7.63. The molecule has 4 rings (SSSR count). The van der Waals surface area contributed by atoms with E-state index in [9.17, 15) is 9.59 Å². The average Bonchev–Trinajstić information content (AvgIpc) is 3.39. The second-order valence-electron chi connectivity index (χ2n) is 7.83. The molecule has 6 heteroatoms. The third-order valence-electron chi connectivity index (χ3n) is 5.92. The molecule has 0 radical (unpaired) electrons. The van der Waals surface area contributed by atoms with Crippen LogP contribution in [0.3, 0.4) is 0 Å². The van der Waals surface area contributed by atoms with Crippen molar-refractivity contribution in [1.29, 1.82) is 0 Å². The number of amides is 2. The van der Waals surface area contributed by atoms with Crippen LogP contribution in [0, 0.1) is 11.8 Å². The first-order valence-electron chi connectivity index (χ1n) is 9.97. The van der Waals surface area contributed by atoms with Crippen LogP contribution in [0.5, 0.6) is 0 Å². The smallest absolute Gasteiger partial charge is 0.223 e. The zero-order valence-electron chi connectivity index (χ0n) is 15.3. The molecule has 1 aromatic heterocycles. The van der Waals surface area contributed by atoms with E-state index in [1.54, 1.807) is 0 Å². The van der Waals surface area contributed by atoms with E-state index in [0.29, 0.717) is 25.4 Å². The topological polar surface area (TPSA) is 67.2 Å². The number of carbonyl (C=O) groups excluding carboxylic acids is 2. The van der Waals surface area contributed by atoms with Crippen molar-refractivity contribution < 1.29 is 9.59 Å². The molecular weight excluding hydrogens is 328 g/mol.